The van der Waals surface area contributed by atoms with Crippen LogP contribution in [0.5, 0.6) is 0 Å². The van der Waals surface area contributed by atoms with Crippen LogP contribution >= 0.6 is 0 Å². The molecule has 0 aliphatic carbocycles. The number of carbonyl (C=O) groups is 1. The highest BCUT2D eigenvalue weighted by atomic mass is 16.5. The summed E-state index contributed by atoms with van der Waals surface area (Å²) >= 11 is 0. The first-order valence-corrected chi connectivity index (χ1v) is 8.41. The van der Waals surface area contributed by atoms with Crippen LogP contribution in [-0.4, -0.2) is 43.9 Å². The number of aromatic nitrogens is 4. The molecule has 26 heavy (non-hydrogen) atoms. The lowest BCUT2D eigenvalue weighted by atomic mass is 9.98. The maximum Gasteiger partial charge on any atom is 0.289 e. The van der Waals surface area contributed by atoms with Crippen molar-refractivity contribution in [3.63, 3.8) is 0 Å². The Morgan fingerprint density at radius 3 is 3.04 bits per heavy atom. The standard InChI is InChI=1S/C18H19N5O3/c1-22-17-13(11-25-12-14-5-2-3-7-19-14)9-23(10-15(17)20-21-22)18(24)16-6-4-8-26-16/h2-8,13H,9-12H2,1H3. The van der Waals surface area contributed by atoms with Gasteiger partial charge in [-0.15, -0.1) is 5.10 Å². The van der Waals surface area contributed by atoms with Crippen molar-refractivity contribution in [2.24, 2.45) is 7.05 Å². The molecule has 1 amide bonds. The van der Waals surface area contributed by atoms with E-state index in [4.69, 9.17) is 9.15 Å². The molecular formula is C18H19N5O3. The van der Waals surface area contributed by atoms with E-state index in [1.165, 1.54) is 6.26 Å². The molecule has 0 spiro atoms. The molecule has 0 N–H and O–H groups in total. The fourth-order valence-corrected chi connectivity index (χ4v) is 3.25. The molecule has 0 aromatic carbocycles. The predicted octanol–water partition coefficient (Wildman–Crippen LogP) is 1.76. The summed E-state index contributed by atoms with van der Waals surface area (Å²) in [6, 6.07) is 9.10. The second-order valence-electron chi connectivity index (χ2n) is 6.24. The van der Waals surface area contributed by atoms with Gasteiger partial charge in [0.2, 0.25) is 0 Å². The summed E-state index contributed by atoms with van der Waals surface area (Å²) in [5, 5.41) is 8.32. The fourth-order valence-electron chi connectivity index (χ4n) is 3.25. The van der Waals surface area contributed by atoms with Crippen LogP contribution < -0.4 is 0 Å². The van der Waals surface area contributed by atoms with Gasteiger partial charge in [0.25, 0.3) is 5.91 Å². The minimum Gasteiger partial charge on any atom is -0.459 e. The van der Waals surface area contributed by atoms with E-state index >= 15 is 0 Å². The Balaban J connectivity index is 1.49. The van der Waals surface area contributed by atoms with Crippen molar-refractivity contribution in [3.8, 4) is 0 Å². The van der Waals surface area contributed by atoms with Crippen molar-refractivity contribution in [1.29, 1.82) is 0 Å². The van der Waals surface area contributed by atoms with Gasteiger partial charge in [-0.2, -0.15) is 0 Å². The Kier molecular flexibility index (Phi) is 4.49. The summed E-state index contributed by atoms with van der Waals surface area (Å²) in [5.41, 5.74) is 2.68. The molecule has 0 fully saturated rings. The van der Waals surface area contributed by atoms with E-state index in [2.05, 4.69) is 15.3 Å². The molecule has 8 heteroatoms. The summed E-state index contributed by atoms with van der Waals surface area (Å²) in [4.78, 5) is 18.6. The van der Waals surface area contributed by atoms with Crippen molar-refractivity contribution >= 4 is 5.91 Å². The number of fused-ring (bicyclic) bond motifs is 1. The zero-order valence-electron chi connectivity index (χ0n) is 14.4. The van der Waals surface area contributed by atoms with Crippen LogP contribution in [0.1, 0.15) is 33.6 Å². The summed E-state index contributed by atoms with van der Waals surface area (Å²) in [6.07, 6.45) is 3.24. The van der Waals surface area contributed by atoms with Crippen molar-refractivity contribution in [3.05, 3.63) is 65.6 Å². The minimum absolute atomic E-state index is 0.0126. The van der Waals surface area contributed by atoms with Gasteiger partial charge in [-0.25, -0.2) is 0 Å². The zero-order chi connectivity index (χ0) is 17.9. The number of hydrogen-bond donors (Lipinski definition) is 0. The molecule has 0 saturated heterocycles. The van der Waals surface area contributed by atoms with Gasteiger partial charge in [-0.3, -0.25) is 14.5 Å². The molecule has 3 aromatic rings. The van der Waals surface area contributed by atoms with E-state index in [9.17, 15) is 4.79 Å². The second-order valence-corrected chi connectivity index (χ2v) is 6.24. The molecule has 0 bridgehead atoms. The number of aryl methyl sites for hydroxylation is 1. The molecule has 1 unspecified atom stereocenters. The van der Waals surface area contributed by atoms with Crippen molar-refractivity contribution in [1.82, 2.24) is 24.9 Å². The third kappa shape index (κ3) is 3.23. The maximum atomic E-state index is 12.6. The van der Waals surface area contributed by atoms with Gasteiger partial charge in [-0.1, -0.05) is 11.3 Å². The van der Waals surface area contributed by atoms with Crippen LogP contribution in [-0.2, 0) is 24.9 Å². The number of rotatable bonds is 5. The van der Waals surface area contributed by atoms with Crippen molar-refractivity contribution in [2.75, 3.05) is 13.2 Å². The first-order valence-electron chi connectivity index (χ1n) is 8.41. The molecule has 134 valence electrons. The third-order valence-electron chi connectivity index (χ3n) is 4.43. The lowest BCUT2D eigenvalue weighted by Crippen LogP contribution is -2.40. The average molecular weight is 353 g/mol. The van der Waals surface area contributed by atoms with Crippen LogP contribution in [0.15, 0.2) is 47.2 Å². The summed E-state index contributed by atoms with van der Waals surface area (Å²) in [5.74, 6) is 0.160. The maximum absolute atomic E-state index is 12.6. The molecular weight excluding hydrogens is 334 g/mol. The first-order chi connectivity index (χ1) is 12.7. The number of nitrogens with zero attached hydrogens (tertiary/aromatic N) is 5. The Morgan fingerprint density at radius 2 is 2.27 bits per heavy atom. The number of hydrogen-bond acceptors (Lipinski definition) is 6. The Hall–Kier alpha value is -3.00. The number of carbonyl (C=O) groups excluding carboxylic acids is 1. The molecule has 1 aliphatic heterocycles. The highest BCUT2D eigenvalue weighted by Gasteiger charge is 2.33. The predicted molar refractivity (Wildman–Crippen MR) is 91.1 cm³/mol. The van der Waals surface area contributed by atoms with E-state index in [1.54, 1.807) is 27.9 Å². The smallest absolute Gasteiger partial charge is 0.289 e. The van der Waals surface area contributed by atoms with E-state index in [0.717, 1.165) is 17.1 Å². The highest BCUT2D eigenvalue weighted by molar-refractivity contribution is 5.91. The lowest BCUT2D eigenvalue weighted by molar-refractivity contribution is 0.0577. The van der Waals surface area contributed by atoms with E-state index in [-0.39, 0.29) is 11.8 Å². The normalized spacial score (nSPS) is 16.5. The topological polar surface area (TPSA) is 86.3 Å². The zero-order valence-corrected chi connectivity index (χ0v) is 14.4. The van der Waals surface area contributed by atoms with E-state index < -0.39 is 0 Å². The van der Waals surface area contributed by atoms with Gasteiger partial charge < -0.3 is 14.1 Å². The summed E-state index contributed by atoms with van der Waals surface area (Å²) in [6.45, 7) is 1.81. The van der Waals surface area contributed by atoms with Crippen LogP contribution in [0.25, 0.3) is 0 Å². The second kappa shape index (κ2) is 7.09. The Labute approximate surface area is 150 Å². The number of furan rings is 1. The quantitative estimate of drug-likeness (QED) is 0.695. The van der Waals surface area contributed by atoms with Crippen LogP contribution in [0.4, 0.5) is 0 Å². The van der Waals surface area contributed by atoms with Gasteiger partial charge in [0, 0.05) is 25.7 Å². The molecule has 0 saturated carbocycles. The van der Waals surface area contributed by atoms with Gasteiger partial charge in [0.1, 0.15) is 5.69 Å². The average Bonchev–Trinajstić information content (AvgIpc) is 3.32. The number of ether oxygens (including phenoxy) is 1. The summed E-state index contributed by atoms with van der Waals surface area (Å²) < 4.78 is 12.9. The Morgan fingerprint density at radius 1 is 1.35 bits per heavy atom. The molecule has 4 heterocycles. The molecule has 1 atom stereocenters. The fraction of sp³-hybridized carbons (Fsp3) is 0.333. The van der Waals surface area contributed by atoms with Crippen LogP contribution in [0.3, 0.4) is 0 Å². The number of pyridine rings is 1. The first kappa shape index (κ1) is 16.5. The van der Waals surface area contributed by atoms with Gasteiger partial charge >= 0.3 is 0 Å². The molecule has 3 aromatic heterocycles. The lowest BCUT2D eigenvalue weighted by Gasteiger charge is -2.31. The largest absolute Gasteiger partial charge is 0.459 e. The Bertz CT molecular complexity index is 876. The van der Waals surface area contributed by atoms with Crippen LogP contribution in [0.2, 0.25) is 0 Å². The third-order valence-corrected chi connectivity index (χ3v) is 4.43. The van der Waals surface area contributed by atoms with E-state index in [0.29, 0.717) is 32.1 Å². The highest BCUT2D eigenvalue weighted by Crippen LogP contribution is 2.28. The van der Waals surface area contributed by atoms with Gasteiger partial charge in [0.05, 0.1) is 37.4 Å². The summed E-state index contributed by atoms with van der Waals surface area (Å²) in [7, 11) is 1.86. The minimum atomic E-state index is -0.152. The molecule has 1 aliphatic rings. The molecule has 0 radical (unpaired) electrons. The monoisotopic (exact) mass is 353 g/mol. The van der Waals surface area contributed by atoms with Crippen molar-refractivity contribution < 1.29 is 13.9 Å². The van der Waals surface area contributed by atoms with Gasteiger partial charge in [0.15, 0.2) is 5.76 Å². The SMILES string of the molecule is Cn1nnc2c1C(COCc1ccccn1)CN(C(=O)c1ccco1)C2. The van der Waals surface area contributed by atoms with Crippen molar-refractivity contribution in [2.45, 2.75) is 19.1 Å². The van der Waals surface area contributed by atoms with E-state index in [1.807, 2.05) is 25.2 Å². The molecule has 8 nitrogen and oxygen atoms in total. The van der Waals surface area contributed by atoms with Crippen LogP contribution in [0, 0.1) is 0 Å². The van der Waals surface area contributed by atoms with Gasteiger partial charge in [-0.05, 0) is 24.3 Å². The number of amides is 1. The molecule has 4 rings (SSSR count).